The van der Waals surface area contributed by atoms with Crippen molar-refractivity contribution in [1.82, 2.24) is 4.57 Å². The van der Waals surface area contributed by atoms with Gasteiger partial charge in [-0.1, -0.05) is 44.0 Å². The number of aromatic nitrogens is 1. The quantitative estimate of drug-likeness (QED) is 0.253. The maximum atomic E-state index is 14.0. The summed E-state index contributed by atoms with van der Waals surface area (Å²) < 4.78 is 8.39. The molecule has 3 heterocycles. The Morgan fingerprint density at radius 1 is 1.00 bits per heavy atom. The van der Waals surface area contributed by atoms with Crippen LogP contribution in [0.3, 0.4) is 0 Å². The number of anilines is 1. The standard InChI is InChI=1S/C34H36N2O4S/c1-21-10-12-23(13-11-21)33(37)35(19-22-6-2-3-7-22)29-18-31(41-32(29)34(38)39)25-14-15-26-28-16-24-8-4-5-9-27(24)36(28)20-40-30(26)17-25/h4-5,8-9,14-18,21-23H,2-3,6-7,10-13,19-20H2,1H3,(H,38,39). The van der Waals surface area contributed by atoms with E-state index in [-0.39, 0.29) is 16.7 Å². The Labute approximate surface area is 244 Å². The van der Waals surface area contributed by atoms with Crippen LogP contribution < -0.4 is 9.64 Å². The van der Waals surface area contributed by atoms with Gasteiger partial charge in [-0.05, 0) is 86.3 Å². The molecular weight excluding hydrogens is 532 g/mol. The maximum absolute atomic E-state index is 14.0. The summed E-state index contributed by atoms with van der Waals surface area (Å²) in [5, 5.41) is 11.5. The summed E-state index contributed by atoms with van der Waals surface area (Å²) in [5.74, 6) is 0.975. The molecule has 0 atom stereocenters. The van der Waals surface area contributed by atoms with Gasteiger partial charge in [0.2, 0.25) is 5.91 Å². The first-order chi connectivity index (χ1) is 20.0. The SMILES string of the molecule is CC1CCC(C(=O)N(CC2CCCC2)c2cc(-c3ccc4c(c3)OCn3c-4cc4ccccc43)sc2C(=O)O)CC1. The molecule has 0 bridgehead atoms. The molecule has 6 nitrogen and oxygen atoms in total. The van der Waals surface area contributed by atoms with E-state index in [0.29, 0.717) is 30.8 Å². The van der Waals surface area contributed by atoms with E-state index in [9.17, 15) is 14.7 Å². The van der Waals surface area contributed by atoms with E-state index < -0.39 is 5.97 Å². The summed E-state index contributed by atoms with van der Waals surface area (Å²) in [6.07, 6.45) is 8.46. The van der Waals surface area contributed by atoms with Crippen molar-refractivity contribution in [3.05, 3.63) is 59.5 Å². The number of ether oxygens (including phenoxy) is 1. The van der Waals surface area contributed by atoms with E-state index in [0.717, 1.165) is 71.5 Å². The summed E-state index contributed by atoms with van der Waals surface area (Å²) in [5.41, 5.74) is 4.76. The molecule has 0 spiro atoms. The van der Waals surface area contributed by atoms with Crippen molar-refractivity contribution < 1.29 is 19.4 Å². The number of benzene rings is 2. The van der Waals surface area contributed by atoms with Crippen molar-refractivity contribution in [1.29, 1.82) is 0 Å². The Morgan fingerprint density at radius 3 is 2.56 bits per heavy atom. The molecule has 7 rings (SSSR count). The first-order valence-electron chi connectivity index (χ1n) is 15.0. The third-order valence-corrected chi connectivity index (χ3v) is 10.6. The molecule has 2 fully saturated rings. The summed E-state index contributed by atoms with van der Waals surface area (Å²) in [6.45, 7) is 3.30. The summed E-state index contributed by atoms with van der Waals surface area (Å²) >= 11 is 1.26. The predicted molar refractivity (Wildman–Crippen MR) is 164 cm³/mol. The highest BCUT2D eigenvalue weighted by Gasteiger charge is 2.34. The zero-order valence-electron chi connectivity index (χ0n) is 23.5. The molecule has 1 aliphatic heterocycles. The molecule has 0 unspecified atom stereocenters. The summed E-state index contributed by atoms with van der Waals surface area (Å²) in [4.78, 5) is 29.5. The average molecular weight is 569 g/mol. The van der Waals surface area contributed by atoms with Crippen LogP contribution in [0.2, 0.25) is 0 Å². The lowest BCUT2D eigenvalue weighted by molar-refractivity contribution is -0.123. The number of hydrogen-bond acceptors (Lipinski definition) is 4. The van der Waals surface area contributed by atoms with Gasteiger partial charge in [0.05, 0.1) is 16.9 Å². The lowest BCUT2D eigenvalue weighted by atomic mass is 9.82. The van der Waals surface area contributed by atoms with Crippen molar-refractivity contribution >= 4 is 39.8 Å². The van der Waals surface area contributed by atoms with Gasteiger partial charge in [-0.2, -0.15) is 0 Å². The second-order valence-electron chi connectivity index (χ2n) is 12.2. The maximum Gasteiger partial charge on any atom is 0.348 e. The number of carboxylic acids is 1. The Balaban J connectivity index is 1.25. The number of nitrogens with zero attached hydrogens (tertiary/aromatic N) is 2. The van der Waals surface area contributed by atoms with Crippen LogP contribution in [0.1, 0.15) is 68.0 Å². The van der Waals surface area contributed by atoms with Crippen LogP contribution in [0.4, 0.5) is 5.69 Å². The lowest BCUT2D eigenvalue weighted by Gasteiger charge is -2.32. The number of fused-ring (bicyclic) bond motifs is 5. The van der Waals surface area contributed by atoms with Gasteiger partial charge in [0.15, 0.2) is 6.73 Å². The fourth-order valence-electron chi connectivity index (χ4n) is 7.08. The van der Waals surface area contributed by atoms with Gasteiger partial charge in [-0.3, -0.25) is 4.79 Å². The molecule has 41 heavy (non-hydrogen) atoms. The fraction of sp³-hybridized carbons (Fsp3) is 0.412. The van der Waals surface area contributed by atoms with Crippen LogP contribution in [-0.4, -0.2) is 28.1 Å². The van der Waals surface area contributed by atoms with E-state index in [1.807, 2.05) is 35.2 Å². The molecule has 2 aromatic heterocycles. The van der Waals surface area contributed by atoms with Crippen LogP contribution >= 0.6 is 11.3 Å². The van der Waals surface area contributed by atoms with Crippen LogP contribution in [0.5, 0.6) is 5.75 Å². The number of amides is 1. The highest BCUT2D eigenvalue weighted by molar-refractivity contribution is 7.18. The molecule has 3 aliphatic rings. The van der Waals surface area contributed by atoms with Crippen LogP contribution in [0, 0.1) is 17.8 Å². The summed E-state index contributed by atoms with van der Waals surface area (Å²) in [6, 6.07) is 18.6. The van der Waals surface area contributed by atoms with Crippen LogP contribution in [0.15, 0.2) is 54.6 Å². The number of aromatic carboxylic acids is 1. The molecule has 0 radical (unpaired) electrons. The van der Waals surface area contributed by atoms with E-state index in [1.54, 1.807) is 0 Å². The van der Waals surface area contributed by atoms with Gasteiger partial charge in [0, 0.05) is 28.3 Å². The van der Waals surface area contributed by atoms with Crippen molar-refractivity contribution in [3.63, 3.8) is 0 Å². The van der Waals surface area contributed by atoms with Gasteiger partial charge >= 0.3 is 5.97 Å². The Morgan fingerprint density at radius 2 is 1.78 bits per heavy atom. The zero-order valence-corrected chi connectivity index (χ0v) is 24.3. The van der Waals surface area contributed by atoms with E-state index >= 15 is 0 Å². The minimum Gasteiger partial charge on any atom is -0.477 e. The third kappa shape index (κ3) is 4.84. The lowest BCUT2D eigenvalue weighted by Crippen LogP contribution is -2.40. The molecule has 2 aliphatic carbocycles. The molecule has 1 amide bonds. The average Bonchev–Trinajstić information content (AvgIpc) is 3.74. The van der Waals surface area contributed by atoms with Crippen LogP contribution in [-0.2, 0) is 11.5 Å². The highest BCUT2D eigenvalue weighted by atomic mass is 32.1. The van der Waals surface area contributed by atoms with Gasteiger partial charge in [0.25, 0.3) is 0 Å². The number of carbonyl (C=O) groups excluding carboxylic acids is 1. The third-order valence-electron chi connectivity index (χ3n) is 9.45. The Bertz CT molecular complexity index is 1620. The fourth-order valence-corrected chi connectivity index (χ4v) is 8.07. The van der Waals surface area contributed by atoms with E-state index in [4.69, 9.17) is 4.74 Å². The molecule has 0 saturated heterocycles. The molecule has 2 saturated carbocycles. The largest absolute Gasteiger partial charge is 0.477 e. The number of carbonyl (C=O) groups is 2. The van der Waals surface area contributed by atoms with Gasteiger partial charge in [0.1, 0.15) is 10.6 Å². The number of carboxylic acid groups (broad SMARTS) is 1. The molecule has 212 valence electrons. The minimum atomic E-state index is -0.975. The number of rotatable bonds is 6. The van der Waals surface area contributed by atoms with Crippen LogP contribution in [0.25, 0.3) is 32.6 Å². The number of thiophene rings is 1. The molecule has 1 N–H and O–H groups in total. The minimum absolute atomic E-state index is 0.0264. The Kier molecular flexibility index (Phi) is 6.86. The van der Waals surface area contributed by atoms with Gasteiger partial charge in [-0.25, -0.2) is 4.79 Å². The second-order valence-corrected chi connectivity index (χ2v) is 13.2. The van der Waals surface area contributed by atoms with Gasteiger partial charge < -0.3 is 19.3 Å². The Hall–Kier alpha value is -3.58. The number of para-hydroxylation sites is 1. The molecular formula is C34H36N2O4S. The van der Waals surface area contributed by atoms with Crippen molar-refractivity contribution in [2.45, 2.75) is 65.0 Å². The van der Waals surface area contributed by atoms with Gasteiger partial charge in [-0.15, -0.1) is 11.3 Å². The number of hydrogen-bond donors (Lipinski definition) is 1. The monoisotopic (exact) mass is 568 g/mol. The smallest absolute Gasteiger partial charge is 0.348 e. The highest BCUT2D eigenvalue weighted by Crippen LogP contribution is 2.44. The molecule has 7 heteroatoms. The normalized spacial score (nSPS) is 20.4. The summed E-state index contributed by atoms with van der Waals surface area (Å²) in [7, 11) is 0. The second kappa shape index (κ2) is 10.7. The first kappa shape index (κ1) is 26.3. The van der Waals surface area contributed by atoms with Crippen molar-refractivity contribution in [2.75, 3.05) is 11.4 Å². The van der Waals surface area contributed by atoms with E-state index in [1.165, 1.54) is 29.6 Å². The zero-order chi connectivity index (χ0) is 28.1. The topological polar surface area (TPSA) is 71.8 Å². The van der Waals surface area contributed by atoms with Crippen molar-refractivity contribution in [3.8, 4) is 27.4 Å². The van der Waals surface area contributed by atoms with E-state index in [2.05, 4.69) is 35.8 Å². The molecule has 4 aromatic rings. The first-order valence-corrected chi connectivity index (χ1v) is 15.8. The molecule has 2 aromatic carbocycles. The van der Waals surface area contributed by atoms with Crippen molar-refractivity contribution in [2.24, 2.45) is 17.8 Å². The predicted octanol–water partition coefficient (Wildman–Crippen LogP) is 8.43.